The molecule has 0 fully saturated rings. The smallest absolute Gasteiger partial charge is 0.166 e. The van der Waals surface area contributed by atoms with Gasteiger partial charge in [-0.2, -0.15) is 0 Å². The van der Waals surface area contributed by atoms with Crippen LogP contribution in [0.3, 0.4) is 0 Å². The van der Waals surface area contributed by atoms with Crippen LogP contribution in [0.5, 0.6) is 5.75 Å². The van der Waals surface area contributed by atoms with E-state index in [0.717, 1.165) is 15.6 Å². The lowest BCUT2D eigenvalue weighted by molar-refractivity contribution is 0.0983. The molecule has 0 unspecified atom stereocenters. The fraction of sp³-hybridized carbons (Fsp3) is 0.235. The molecule has 0 radical (unpaired) electrons. The number of benzene rings is 2. The first kappa shape index (κ1) is 14.8. The number of Topliss-reactive ketones (excluding diaryl/α,β-unsaturated/α-hetero) is 1. The van der Waals surface area contributed by atoms with Crippen LogP contribution in [-0.2, 0) is 6.61 Å². The molecule has 0 heterocycles. The van der Waals surface area contributed by atoms with E-state index >= 15 is 0 Å². The number of rotatable bonds is 5. The quantitative estimate of drug-likeness (QED) is 0.725. The van der Waals surface area contributed by atoms with Gasteiger partial charge in [0.25, 0.3) is 0 Å². The minimum atomic E-state index is 0.0914. The fourth-order valence-electron chi connectivity index (χ4n) is 1.92. The van der Waals surface area contributed by atoms with Gasteiger partial charge in [-0.15, -0.1) is 0 Å². The summed E-state index contributed by atoms with van der Waals surface area (Å²) in [5, 5.41) is 0. The summed E-state index contributed by atoms with van der Waals surface area (Å²) in [6.07, 6.45) is 0.469. The van der Waals surface area contributed by atoms with Crippen molar-refractivity contribution < 1.29 is 9.53 Å². The van der Waals surface area contributed by atoms with Crippen molar-refractivity contribution in [2.45, 2.75) is 26.9 Å². The molecule has 3 heteroatoms. The van der Waals surface area contributed by atoms with Gasteiger partial charge in [0.1, 0.15) is 12.4 Å². The van der Waals surface area contributed by atoms with E-state index in [1.54, 1.807) is 0 Å². The topological polar surface area (TPSA) is 26.3 Å². The number of ether oxygens (including phenoxy) is 1. The van der Waals surface area contributed by atoms with E-state index in [2.05, 4.69) is 15.9 Å². The Morgan fingerprint density at radius 2 is 1.90 bits per heavy atom. The summed E-state index contributed by atoms with van der Waals surface area (Å²) in [5.41, 5.74) is 2.78. The second-order valence-corrected chi connectivity index (χ2v) is 5.50. The van der Waals surface area contributed by atoms with E-state index < -0.39 is 0 Å². The van der Waals surface area contributed by atoms with Gasteiger partial charge in [0.05, 0.1) is 5.56 Å². The molecule has 0 bridgehead atoms. The Labute approximate surface area is 127 Å². The molecule has 0 aliphatic carbocycles. The average Bonchev–Trinajstić information content (AvgIpc) is 2.48. The Morgan fingerprint density at radius 3 is 2.55 bits per heavy atom. The first-order chi connectivity index (χ1) is 9.61. The minimum Gasteiger partial charge on any atom is -0.488 e. The largest absolute Gasteiger partial charge is 0.488 e. The molecule has 0 aliphatic heterocycles. The number of ketones is 1. The van der Waals surface area contributed by atoms with Crippen LogP contribution in [0.15, 0.2) is 46.9 Å². The van der Waals surface area contributed by atoms with Gasteiger partial charge < -0.3 is 4.74 Å². The van der Waals surface area contributed by atoms with Crippen molar-refractivity contribution in [3.63, 3.8) is 0 Å². The van der Waals surface area contributed by atoms with Crippen LogP contribution in [-0.4, -0.2) is 5.78 Å². The van der Waals surface area contributed by atoms with Crippen molar-refractivity contribution in [2.24, 2.45) is 0 Å². The van der Waals surface area contributed by atoms with Gasteiger partial charge in [0, 0.05) is 10.9 Å². The van der Waals surface area contributed by atoms with E-state index in [-0.39, 0.29) is 5.78 Å². The standard InChI is InChI=1S/C17H17BrO2/c1-3-16(19)14-10-15(18)12(2)9-17(14)20-11-13-7-5-4-6-8-13/h4-10H,3,11H2,1-2H3. The lowest BCUT2D eigenvalue weighted by atomic mass is 10.1. The zero-order chi connectivity index (χ0) is 14.5. The van der Waals surface area contributed by atoms with Gasteiger partial charge in [0.15, 0.2) is 5.78 Å². The summed E-state index contributed by atoms with van der Waals surface area (Å²) in [6.45, 7) is 4.31. The molecule has 104 valence electrons. The molecular weight excluding hydrogens is 316 g/mol. The molecule has 0 aliphatic rings. The minimum absolute atomic E-state index is 0.0914. The maximum Gasteiger partial charge on any atom is 0.166 e. The molecule has 0 spiro atoms. The molecule has 0 amide bonds. The highest BCUT2D eigenvalue weighted by Crippen LogP contribution is 2.28. The van der Waals surface area contributed by atoms with Crippen LogP contribution in [0.25, 0.3) is 0 Å². The molecule has 0 aromatic heterocycles. The fourth-order valence-corrected chi connectivity index (χ4v) is 2.26. The van der Waals surface area contributed by atoms with Crippen molar-refractivity contribution in [1.29, 1.82) is 0 Å². The average molecular weight is 333 g/mol. The lowest BCUT2D eigenvalue weighted by Gasteiger charge is -2.12. The normalized spacial score (nSPS) is 10.3. The van der Waals surface area contributed by atoms with Crippen molar-refractivity contribution in [3.05, 3.63) is 63.6 Å². The summed E-state index contributed by atoms with van der Waals surface area (Å²) < 4.78 is 6.77. The number of aryl methyl sites for hydroxylation is 1. The number of carbonyl (C=O) groups is 1. The number of hydrogen-bond acceptors (Lipinski definition) is 2. The third-order valence-electron chi connectivity index (χ3n) is 3.12. The number of halogens is 1. The highest BCUT2D eigenvalue weighted by molar-refractivity contribution is 9.10. The first-order valence-corrected chi connectivity index (χ1v) is 7.41. The Morgan fingerprint density at radius 1 is 1.20 bits per heavy atom. The predicted octanol–water partition coefficient (Wildman–Crippen LogP) is 4.93. The van der Waals surface area contributed by atoms with Gasteiger partial charge in [0.2, 0.25) is 0 Å². The van der Waals surface area contributed by atoms with Crippen LogP contribution in [0, 0.1) is 6.92 Å². The monoisotopic (exact) mass is 332 g/mol. The van der Waals surface area contributed by atoms with Crippen LogP contribution >= 0.6 is 15.9 Å². The molecule has 2 aromatic carbocycles. The molecule has 0 saturated heterocycles. The van der Waals surface area contributed by atoms with Crippen molar-refractivity contribution in [1.82, 2.24) is 0 Å². The third-order valence-corrected chi connectivity index (χ3v) is 3.97. The molecular formula is C17H17BrO2. The summed E-state index contributed by atoms with van der Waals surface area (Å²) in [5.74, 6) is 0.746. The number of carbonyl (C=O) groups excluding carboxylic acids is 1. The molecule has 0 N–H and O–H groups in total. The van der Waals surface area contributed by atoms with Crippen LogP contribution in [0.2, 0.25) is 0 Å². The van der Waals surface area contributed by atoms with E-state index in [1.165, 1.54) is 0 Å². The summed E-state index contributed by atoms with van der Waals surface area (Å²) in [6, 6.07) is 13.7. The maximum absolute atomic E-state index is 12.0. The molecule has 2 aromatic rings. The Kier molecular flexibility index (Phi) is 4.96. The van der Waals surface area contributed by atoms with Crippen molar-refractivity contribution in [3.8, 4) is 5.75 Å². The lowest BCUT2D eigenvalue weighted by Crippen LogP contribution is -2.04. The predicted molar refractivity (Wildman–Crippen MR) is 84.3 cm³/mol. The second kappa shape index (κ2) is 6.71. The van der Waals surface area contributed by atoms with Gasteiger partial charge in [-0.25, -0.2) is 0 Å². The highest BCUT2D eigenvalue weighted by atomic mass is 79.9. The van der Waals surface area contributed by atoms with E-state index in [9.17, 15) is 4.79 Å². The second-order valence-electron chi connectivity index (χ2n) is 4.65. The molecule has 20 heavy (non-hydrogen) atoms. The van der Waals surface area contributed by atoms with Crippen LogP contribution < -0.4 is 4.74 Å². The Bertz CT molecular complexity index is 606. The van der Waals surface area contributed by atoms with Crippen molar-refractivity contribution in [2.75, 3.05) is 0 Å². The Hall–Kier alpha value is -1.61. The van der Waals surface area contributed by atoms with Gasteiger partial charge >= 0.3 is 0 Å². The molecule has 2 rings (SSSR count). The zero-order valence-electron chi connectivity index (χ0n) is 11.7. The zero-order valence-corrected chi connectivity index (χ0v) is 13.2. The molecule has 0 saturated carbocycles. The summed E-state index contributed by atoms with van der Waals surface area (Å²) in [4.78, 5) is 12.0. The summed E-state index contributed by atoms with van der Waals surface area (Å²) in [7, 11) is 0. The maximum atomic E-state index is 12.0. The number of hydrogen-bond donors (Lipinski definition) is 0. The van der Waals surface area contributed by atoms with Crippen LogP contribution in [0.4, 0.5) is 0 Å². The summed E-state index contributed by atoms with van der Waals surface area (Å²) >= 11 is 3.47. The van der Waals surface area contributed by atoms with Gasteiger partial charge in [-0.3, -0.25) is 4.79 Å². The third kappa shape index (κ3) is 3.48. The van der Waals surface area contributed by atoms with Crippen LogP contribution in [0.1, 0.15) is 34.8 Å². The van der Waals surface area contributed by atoms with E-state index in [4.69, 9.17) is 4.74 Å². The molecule has 0 atom stereocenters. The van der Waals surface area contributed by atoms with Gasteiger partial charge in [-0.1, -0.05) is 53.2 Å². The van der Waals surface area contributed by atoms with Crippen molar-refractivity contribution >= 4 is 21.7 Å². The van der Waals surface area contributed by atoms with E-state index in [1.807, 2.05) is 56.3 Å². The Balaban J connectivity index is 2.26. The van der Waals surface area contributed by atoms with Gasteiger partial charge in [-0.05, 0) is 30.2 Å². The van der Waals surface area contributed by atoms with E-state index in [0.29, 0.717) is 24.3 Å². The first-order valence-electron chi connectivity index (χ1n) is 6.62. The SMILES string of the molecule is CCC(=O)c1cc(Br)c(C)cc1OCc1ccccc1. The molecule has 2 nitrogen and oxygen atoms in total. The highest BCUT2D eigenvalue weighted by Gasteiger charge is 2.13.